The van der Waals surface area contributed by atoms with E-state index in [1.54, 1.807) is 0 Å². The first kappa shape index (κ1) is 23.6. The minimum atomic E-state index is -4.96. The molecule has 5 nitrogen and oxygen atoms in total. The first-order valence-corrected chi connectivity index (χ1v) is 8.76. The SMILES string of the molecule is C[C@@H](CC(=O)C(=O)N1CC[C@H](C(=O)Nc2ccc(F)c(C(F)(F)F)c2)C1)C(F)(F)F. The lowest BCUT2D eigenvalue weighted by Crippen LogP contribution is -2.38. The van der Waals surface area contributed by atoms with Crippen LogP contribution in [0.1, 0.15) is 25.3 Å². The average Bonchev–Trinajstić information content (AvgIpc) is 3.11. The third-order valence-electron chi connectivity index (χ3n) is 4.67. The second-order valence-electron chi connectivity index (χ2n) is 6.99. The molecule has 0 bridgehead atoms. The van der Waals surface area contributed by atoms with Crippen LogP contribution in [0.5, 0.6) is 0 Å². The fraction of sp³-hybridized carbons (Fsp3) is 0.500. The van der Waals surface area contributed by atoms with E-state index in [2.05, 4.69) is 5.32 Å². The summed E-state index contributed by atoms with van der Waals surface area (Å²) < 4.78 is 89.1. The molecule has 1 heterocycles. The van der Waals surface area contributed by atoms with Crippen LogP contribution in [0.4, 0.5) is 36.4 Å². The minimum absolute atomic E-state index is 0.0625. The van der Waals surface area contributed by atoms with Crippen LogP contribution in [0.2, 0.25) is 0 Å². The van der Waals surface area contributed by atoms with Crippen LogP contribution in [0.25, 0.3) is 0 Å². The van der Waals surface area contributed by atoms with Gasteiger partial charge in [-0.2, -0.15) is 26.3 Å². The van der Waals surface area contributed by atoms with Crippen molar-refractivity contribution in [3.63, 3.8) is 0 Å². The molecule has 2 atom stereocenters. The van der Waals surface area contributed by atoms with Crippen molar-refractivity contribution in [1.82, 2.24) is 4.90 Å². The van der Waals surface area contributed by atoms with Crippen molar-refractivity contribution in [3.05, 3.63) is 29.6 Å². The number of amides is 2. The number of carbonyl (C=O) groups excluding carboxylic acids is 3. The van der Waals surface area contributed by atoms with E-state index in [0.717, 1.165) is 17.9 Å². The minimum Gasteiger partial charge on any atom is -0.335 e. The Morgan fingerprint density at radius 2 is 1.80 bits per heavy atom. The highest BCUT2D eigenvalue weighted by Gasteiger charge is 2.40. The largest absolute Gasteiger partial charge is 0.419 e. The number of carbonyl (C=O) groups is 3. The van der Waals surface area contributed by atoms with E-state index in [1.807, 2.05) is 0 Å². The molecule has 0 aromatic heterocycles. The maximum atomic E-state index is 13.3. The van der Waals surface area contributed by atoms with Gasteiger partial charge in [0.15, 0.2) is 0 Å². The number of likely N-dealkylation sites (tertiary alicyclic amines) is 1. The molecular formula is C18H17F7N2O3. The summed E-state index contributed by atoms with van der Waals surface area (Å²) in [4.78, 5) is 37.0. The van der Waals surface area contributed by atoms with Crippen LogP contribution in [0, 0.1) is 17.7 Å². The van der Waals surface area contributed by atoms with Crippen molar-refractivity contribution < 1.29 is 45.1 Å². The number of hydrogen-bond acceptors (Lipinski definition) is 3. The number of benzene rings is 1. The van der Waals surface area contributed by atoms with E-state index < -0.39 is 59.6 Å². The smallest absolute Gasteiger partial charge is 0.335 e. The zero-order chi connectivity index (χ0) is 22.9. The summed E-state index contributed by atoms with van der Waals surface area (Å²) in [5, 5.41) is 2.19. The molecule has 1 aliphatic heterocycles. The Hall–Kier alpha value is -2.66. The molecule has 0 saturated carbocycles. The number of nitrogens with zero attached hydrogens (tertiary/aromatic N) is 1. The number of anilines is 1. The van der Waals surface area contributed by atoms with Crippen LogP contribution < -0.4 is 5.32 Å². The van der Waals surface area contributed by atoms with Gasteiger partial charge in [0.05, 0.1) is 17.4 Å². The molecule has 2 rings (SSSR count). The fourth-order valence-electron chi connectivity index (χ4n) is 2.88. The van der Waals surface area contributed by atoms with Crippen molar-refractivity contribution in [2.45, 2.75) is 32.1 Å². The molecule has 12 heteroatoms. The van der Waals surface area contributed by atoms with Crippen molar-refractivity contribution >= 4 is 23.3 Å². The van der Waals surface area contributed by atoms with Gasteiger partial charge in [0, 0.05) is 25.2 Å². The monoisotopic (exact) mass is 442 g/mol. The van der Waals surface area contributed by atoms with E-state index in [0.29, 0.717) is 12.1 Å². The van der Waals surface area contributed by atoms with E-state index >= 15 is 0 Å². The number of halogens is 7. The highest BCUT2D eigenvalue weighted by atomic mass is 19.4. The first-order chi connectivity index (χ1) is 13.7. The van der Waals surface area contributed by atoms with Gasteiger partial charge in [0.1, 0.15) is 5.82 Å². The number of nitrogens with one attached hydrogen (secondary N) is 1. The van der Waals surface area contributed by atoms with Crippen molar-refractivity contribution in [1.29, 1.82) is 0 Å². The first-order valence-electron chi connectivity index (χ1n) is 8.76. The second-order valence-corrected chi connectivity index (χ2v) is 6.99. The van der Waals surface area contributed by atoms with Crippen molar-refractivity contribution in [2.24, 2.45) is 11.8 Å². The summed E-state index contributed by atoms with van der Waals surface area (Å²) in [6.45, 7) is 0.424. The summed E-state index contributed by atoms with van der Waals surface area (Å²) in [6.07, 6.45) is -10.6. The standard InChI is InChI=1S/C18H17F7N2O3/c1-9(17(20,21)22)6-14(28)16(30)27-5-4-10(8-27)15(29)26-11-2-3-13(19)12(7-11)18(23,24)25/h2-3,7,9-10H,4-6,8H2,1H3,(H,26,29)/t9-,10-/m0/s1. The lowest BCUT2D eigenvalue weighted by Gasteiger charge is -2.18. The van der Waals surface area contributed by atoms with Gasteiger partial charge in [0.2, 0.25) is 11.7 Å². The van der Waals surface area contributed by atoms with Crippen LogP contribution in [-0.4, -0.2) is 41.8 Å². The zero-order valence-electron chi connectivity index (χ0n) is 15.5. The Kier molecular flexibility index (Phi) is 6.77. The average molecular weight is 442 g/mol. The molecule has 1 fully saturated rings. The summed E-state index contributed by atoms with van der Waals surface area (Å²) in [6, 6.07) is 1.90. The third kappa shape index (κ3) is 5.70. The maximum absolute atomic E-state index is 13.3. The molecule has 1 aromatic carbocycles. The van der Waals surface area contributed by atoms with Gasteiger partial charge < -0.3 is 10.2 Å². The number of alkyl halides is 6. The van der Waals surface area contributed by atoms with Gasteiger partial charge in [-0.3, -0.25) is 14.4 Å². The Morgan fingerprint density at radius 3 is 2.37 bits per heavy atom. The van der Waals surface area contributed by atoms with E-state index in [-0.39, 0.29) is 25.2 Å². The Morgan fingerprint density at radius 1 is 1.17 bits per heavy atom. The lowest BCUT2D eigenvalue weighted by molar-refractivity contribution is -0.175. The molecule has 1 aliphatic rings. The van der Waals surface area contributed by atoms with Crippen LogP contribution in [0.3, 0.4) is 0 Å². The summed E-state index contributed by atoms with van der Waals surface area (Å²) in [7, 11) is 0. The Balaban J connectivity index is 1.98. The predicted molar refractivity (Wildman–Crippen MR) is 89.6 cm³/mol. The Bertz CT molecular complexity index is 836. The predicted octanol–water partition coefficient (Wildman–Crippen LogP) is 3.79. The third-order valence-corrected chi connectivity index (χ3v) is 4.67. The summed E-state index contributed by atoms with van der Waals surface area (Å²) in [5.74, 6) is -7.55. The highest BCUT2D eigenvalue weighted by Crippen LogP contribution is 2.33. The topological polar surface area (TPSA) is 66.5 Å². The molecule has 166 valence electrons. The Labute approximate surface area is 166 Å². The van der Waals surface area contributed by atoms with Crippen LogP contribution in [-0.2, 0) is 20.6 Å². The second kappa shape index (κ2) is 8.60. The molecule has 1 N–H and O–H groups in total. The van der Waals surface area contributed by atoms with E-state index in [9.17, 15) is 45.1 Å². The van der Waals surface area contributed by atoms with Gasteiger partial charge in [-0.25, -0.2) is 4.39 Å². The molecule has 30 heavy (non-hydrogen) atoms. The molecular weight excluding hydrogens is 425 g/mol. The number of hydrogen-bond donors (Lipinski definition) is 1. The van der Waals surface area contributed by atoms with Gasteiger partial charge in [-0.15, -0.1) is 0 Å². The van der Waals surface area contributed by atoms with Crippen molar-refractivity contribution in [2.75, 3.05) is 18.4 Å². The van der Waals surface area contributed by atoms with Gasteiger partial charge in [-0.05, 0) is 24.6 Å². The zero-order valence-corrected chi connectivity index (χ0v) is 15.5. The normalized spacial score (nSPS) is 18.3. The lowest BCUT2D eigenvalue weighted by atomic mass is 10.0. The summed E-state index contributed by atoms with van der Waals surface area (Å²) >= 11 is 0. The van der Waals surface area contributed by atoms with Crippen LogP contribution >= 0.6 is 0 Å². The van der Waals surface area contributed by atoms with Crippen molar-refractivity contribution in [3.8, 4) is 0 Å². The van der Waals surface area contributed by atoms with Gasteiger partial charge in [-0.1, -0.05) is 6.92 Å². The van der Waals surface area contributed by atoms with Gasteiger partial charge in [0.25, 0.3) is 5.91 Å². The summed E-state index contributed by atoms with van der Waals surface area (Å²) in [5.41, 5.74) is -1.87. The van der Waals surface area contributed by atoms with E-state index in [4.69, 9.17) is 0 Å². The molecule has 2 amide bonds. The molecule has 0 radical (unpaired) electrons. The number of ketones is 1. The maximum Gasteiger partial charge on any atom is 0.419 e. The molecule has 0 spiro atoms. The number of Topliss-reactive ketones (excluding diaryl/α,β-unsaturated/α-hetero) is 1. The molecule has 0 aliphatic carbocycles. The quantitative estimate of drug-likeness (QED) is 0.558. The number of rotatable bonds is 5. The van der Waals surface area contributed by atoms with E-state index in [1.165, 1.54) is 0 Å². The molecule has 1 aromatic rings. The highest BCUT2D eigenvalue weighted by molar-refractivity contribution is 6.36. The molecule has 0 unspecified atom stereocenters. The fourth-order valence-corrected chi connectivity index (χ4v) is 2.88. The molecule has 1 saturated heterocycles. The van der Waals surface area contributed by atoms with Gasteiger partial charge >= 0.3 is 12.4 Å². The van der Waals surface area contributed by atoms with Crippen LogP contribution in [0.15, 0.2) is 18.2 Å².